The highest BCUT2D eigenvalue weighted by Crippen LogP contribution is 2.38. The molecule has 2 amide bonds. The van der Waals surface area contributed by atoms with Crippen molar-refractivity contribution >= 4 is 11.8 Å². The van der Waals surface area contributed by atoms with Crippen LogP contribution in [-0.2, 0) is 24.4 Å². The van der Waals surface area contributed by atoms with Gasteiger partial charge in [-0.25, -0.2) is 4.39 Å². The molecule has 1 aliphatic rings. The fourth-order valence-corrected chi connectivity index (χ4v) is 5.04. The molecule has 1 aliphatic heterocycles. The molecule has 40 heavy (non-hydrogen) atoms. The van der Waals surface area contributed by atoms with Crippen molar-refractivity contribution in [3.8, 4) is 5.75 Å². The molecule has 8 heteroatoms. The lowest BCUT2D eigenvalue weighted by Gasteiger charge is -2.38. The van der Waals surface area contributed by atoms with Crippen molar-refractivity contribution in [1.29, 1.82) is 0 Å². The van der Waals surface area contributed by atoms with Gasteiger partial charge in [0.1, 0.15) is 29.7 Å². The van der Waals surface area contributed by atoms with E-state index in [9.17, 15) is 14.0 Å². The van der Waals surface area contributed by atoms with Gasteiger partial charge in [-0.05, 0) is 77.6 Å². The molecule has 0 bridgehead atoms. The maximum atomic E-state index is 13.7. The maximum Gasteiger partial charge on any atom is 0.289 e. The van der Waals surface area contributed by atoms with Crippen LogP contribution in [0.2, 0.25) is 0 Å². The van der Waals surface area contributed by atoms with Gasteiger partial charge in [0, 0.05) is 20.0 Å². The van der Waals surface area contributed by atoms with Crippen molar-refractivity contribution in [3.05, 3.63) is 113 Å². The van der Waals surface area contributed by atoms with Gasteiger partial charge in [-0.1, -0.05) is 32.0 Å². The molecule has 2 aromatic carbocycles. The van der Waals surface area contributed by atoms with E-state index in [2.05, 4.69) is 0 Å². The third kappa shape index (κ3) is 6.11. The Morgan fingerprint density at radius 2 is 1.88 bits per heavy atom. The third-order valence-corrected chi connectivity index (χ3v) is 7.01. The number of benzene rings is 2. The number of furan rings is 2. The van der Waals surface area contributed by atoms with Gasteiger partial charge in [-0.15, -0.1) is 0 Å². The zero-order valence-electron chi connectivity index (χ0n) is 22.9. The average molecular weight is 545 g/mol. The summed E-state index contributed by atoms with van der Waals surface area (Å²) in [6.45, 7) is 5.11. The predicted molar refractivity (Wildman–Crippen MR) is 147 cm³/mol. The number of carbonyl (C=O) groups is 2. The SMILES string of the molecule is CC(C)CC(=O)N1CCc2ccc(OCc3ccc(C(=O)N(C)Cc4ccco4)o3)cc2[C@@H]1c1ccc(F)cc1. The molecule has 1 atom stereocenters. The third-order valence-electron chi connectivity index (χ3n) is 7.01. The zero-order valence-corrected chi connectivity index (χ0v) is 22.9. The first-order chi connectivity index (χ1) is 19.3. The van der Waals surface area contributed by atoms with Crippen LogP contribution in [0.4, 0.5) is 4.39 Å². The quantitative estimate of drug-likeness (QED) is 0.244. The standard InChI is InChI=1S/C32H33FN2O5/c1-21(2)17-30(36)35-15-14-22-8-11-25(18-28(22)31(35)23-6-9-24(33)10-7-23)39-20-27-12-13-29(40-27)32(37)34(3)19-26-5-4-16-38-26/h4-13,16,18,21,31H,14-15,17,19-20H2,1-3H3/t31-/m0/s1. The van der Waals surface area contributed by atoms with Crippen molar-refractivity contribution in [2.75, 3.05) is 13.6 Å². The van der Waals surface area contributed by atoms with E-state index in [4.69, 9.17) is 13.6 Å². The Bertz CT molecular complexity index is 1460. The van der Waals surface area contributed by atoms with Crippen molar-refractivity contribution in [1.82, 2.24) is 9.80 Å². The number of nitrogens with zero attached hydrogens (tertiary/aromatic N) is 2. The van der Waals surface area contributed by atoms with Crippen LogP contribution < -0.4 is 4.74 Å². The van der Waals surface area contributed by atoms with E-state index in [-0.39, 0.29) is 42.0 Å². The summed E-state index contributed by atoms with van der Waals surface area (Å²) < 4.78 is 30.9. The fourth-order valence-electron chi connectivity index (χ4n) is 5.04. The van der Waals surface area contributed by atoms with E-state index in [0.717, 1.165) is 23.1 Å². The van der Waals surface area contributed by atoms with Gasteiger partial charge >= 0.3 is 0 Å². The predicted octanol–water partition coefficient (Wildman–Crippen LogP) is 6.38. The summed E-state index contributed by atoms with van der Waals surface area (Å²) >= 11 is 0. The minimum Gasteiger partial charge on any atom is -0.486 e. The Kier molecular flexibility index (Phi) is 8.05. The molecule has 7 nitrogen and oxygen atoms in total. The highest BCUT2D eigenvalue weighted by molar-refractivity contribution is 5.91. The summed E-state index contributed by atoms with van der Waals surface area (Å²) in [5.41, 5.74) is 2.94. The number of hydrogen-bond donors (Lipinski definition) is 0. The summed E-state index contributed by atoms with van der Waals surface area (Å²) in [5, 5.41) is 0. The fraction of sp³-hybridized carbons (Fsp3) is 0.312. The van der Waals surface area contributed by atoms with E-state index in [1.54, 1.807) is 43.6 Å². The molecule has 0 N–H and O–H groups in total. The number of amides is 2. The highest BCUT2D eigenvalue weighted by atomic mass is 19.1. The minimum absolute atomic E-state index is 0.0751. The summed E-state index contributed by atoms with van der Waals surface area (Å²) in [4.78, 5) is 29.4. The molecule has 0 spiro atoms. The highest BCUT2D eigenvalue weighted by Gasteiger charge is 2.32. The molecule has 208 valence electrons. The lowest BCUT2D eigenvalue weighted by atomic mass is 9.87. The first-order valence-electron chi connectivity index (χ1n) is 13.5. The molecule has 0 saturated heterocycles. The molecular formula is C32H33FN2O5. The van der Waals surface area contributed by atoms with Crippen molar-refractivity contribution in [2.24, 2.45) is 5.92 Å². The van der Waals surface area contributed by atoms with Crippen LogP contribution in [0.5, 0.6) is 5.75 Å². The lowest BCUT2D eigenvalue weighted by molar-refractivity contribution is -0.134. The maximum absolute atomic E-state index is 13.7. The number of fused-ring (bicyclic) bond motifs is 1. The van der Waals surface area contributed by atoms with Gasteiger partial charge in [-0.3, -0.25) is 9.59 Å². The number of hydrogen-bond acceptors (Lipinski definition) is 5. The Labute approximate surface area is 233 Å². The molecule has 5 rings (SSSR count). The second-order valence-corrected chi connectivity index (χ2v) is 10.5. The van der Waals surface area contributed by atoms with Crippen molar-refractivity contribution in [3.63, 3.8) is 0 Å². The summed E-state index contributed by atoms with van der Waals surface area (Å²) in [5.74, 6) is 1.75. The Balaban J connectivity index is 1.33. The smallest absolute Gasteiger partial charge is 0.289 e. The molecule has 0 unspecified atom stereocenters. The zero-order chi connectivity index (χ0) is 28.2. The average Bonchev–Trinajstić information content (AvgIpc) is 3.63. The molecule has 0 radical (unpaired) electrons. The van der Waals surface area contributed by atoms with Crippen LogP contribution in [0.1, 0.15) is 65.1 Å². The Morgan fingerprint density at radius 3 is 2.60 bits per heavy atom. The summed E-state index contributed by atoms with van der Waals surface area (Å²) in [7, 11) is 1.68. The van der Waals surface area contributed by atoms with Gasteiger partial charge < -0.3 is 23.4 Å². The molecule has 4 aromatic rings. The largest absolute Gasteiger partial charge is 0.486 e. The molecule has 0 saturated carbocycles. The second kappa shape index (κ2) is 11.8. The first kappa shape index (κ1) is 27.2. The normalized spacial score (nSPS) is 14.7. The Hall–Kier alpha value is -4.33. The number of halogens is 1. The molecule has 0 fully saturated rings. The topological polar surface area (TPSA) is 76.1 Å². The Morgan fingerprint density at radius 1 is 1.07 bits per heavy atom. The van der Waals surface area contributed by atoms with Crippen LogP contribution >= 0.6 is 0 Å². The molecular weight excluding hydrogens is 511 g/mol. The molecule has 2 aromatic heterocycles. The van der Waals surface area contributed by atoms with E-state index in [0.29, 0.717) is 36.8 Å². The van der Waals surface area contributed by atoms with Gasteiger partial charge in [-0.2, -0.15) is 0 Å². The van der Waals surface area contributed by atoms with Gasteiger partial charge in [0.15, 0.2) is 5.76 Å². The first-order valence-corrected chi connectivity index (χ1v) is 13.5. The van der Waals surface area contributed by atoms with Gasteiger partial charge in [0.25, 0.3) is 5.91 Å². The van der Waals surface area contributed by atoms with Crippen LogP contribution in [0.15, 0.2) is 81.8 Å². The van der Waals surface area contributed by atoms with Crippen LogP contribution in [0, 0.1) is 11.7 Å². The molecule has 3 heterocycles. The summed E-state index contributed by atoms with van der Waals surface area (Å²) in [6, 6.07) is 18.8. The van der Waals surface area contributed by atoms with Crippen molar-refractivity contribution < 1.29 is 27.6 Å². The van der Waals surface area contributed by atoms with Gasteiger partial charge in [0.2, 0.25) is 5.91 Å². The monoisotopic (exact) mass is 544 g/mol. The van der Waals surface area contributed by atoms with Gasteiger partial charge in [0.05, 0.1) is 18.8 Å². The minimum atomic E-state index is -0.336. The lowest BCUT2D eigenvalue weighted by Crippen LogP contribution is -2.41. The van der Waals surface area contributed by atoms with E-state index in [1.165, 1.54) is 17.0 Å². The number of rotatable bonds is 9. The molecule has 0 aliphatic carbocycles. The van der Waals surface area contributed by atoms with Crippen LogP contribution in [0.3, 0.4) is 0 Å². The van der Waals surface area contributed by atoms with E-state index < -0.39 is 0 Å². The van der Waals surface area contributed by atoms with E-state index in [1.807, 2.05) is 43.0 Å². The second-order valence-electron chi connectivity index (χ2n) is 10.5. The van der Waals surface area contributed by atoms with Crippen LogP contribution in [-0.4, -0.2) is 35.2 Å². The number of ether oxygens (including phenoxy) is 1. The number of carbonyl (C=O) groups excluding carboxylic acids is 2. The van der Waals surface area contributed by atoms with E-state index >= 15 is 0 Å². The van der Waals surface area contributed by atoms with Crippen LogP contribution in [0.25, 0.3) is 0 Å². The van der Waals surface area contributed by atoms with Crippen molar-refractivity contribution in [2.45, 2.75) is 45.9 Å². The summed E-state index contributed by atoms with van der Waals surface area (Å²) in [6.07, 6.45) is 2.74.